The van der Waals surface area contributed by atoms with Crippen LogP contribution in [0.1, 0.15) is 65.2 Å². The molecule has 0 saturated heterocycles. The second kappa shape index (κ2) is 9.49. The predicted octanol–water partition coefficient (Wildman–Crippen LogP) is 4.98. The van der Waals surface area contributed by atoms with Crippen molar-refractivity contribution in [3.63, 3.8) is 0 Å². The quantitative estimate of drug-likeness (QED) is 0.631. The lowest BCUT2D eigenvalue weighted by molar-refractivity contribution is -0.125. The van der Waals surface area contributed by atoms with Crippen molar-refractivity contribution >= 4 is 29.0 Å². The Morgan fingerprint density at radius 3 is 2.62 bits per heavy atom. The number of furan rings is 1. The van der Waals surface area contributed by atoms with Crippen LogP contribution < -0.4 is 15.5 Å². The molecule has 2 heterocycles. The van der Waals surface area contributed by atoms with Gasteiger partial charge in [0.05, 0.1) is 17.6 Å². The lowest BCUT2D eigenvalue weighted by Gasteiger charge is -2.36. The van der Waals surface area contributed by atoms with Crippen LogP contribution in [0.2, 0.25) is 0 Å². The summed E-state index contributed by atoms with van der Waals surface area (Å²) in [5.74, 6) is 0.463. The van der Waals surface area contributed by atoms with Crippen molar-refractivity contribution in [1.29, 1.82) is 0 Å². The lowest BCUT2D eigenvalue weighted by Crippen LogP contribution is -2.40. The minimum atomic E-state index is -0.698. The smallest absolute Gasteiger partial charge is 0.228 e. The van der Waals surface area contributed by atoms with E-state index in [0.29, 0.717) is 42.3 Å². The molecule has 34 heavy (non-hydrogen) atoms. The molecule has 1 aliphatic heterocycles. The number of anilines is 2. The number of nitrogens with zero attached hydrogens (tertiary/aromatic N) is 1. The third kappa shape index (κ3) is 4.93. The van der Waals surface area contributed by atoms with Crippen molar-refractivity contribution in [3.05, 3.63) is 59.7 Å². The van der Waals surface area contributed by atoms with Crippen LogP contribution in [-0.2, 0) is 14.4 Å². The first-order valence-corrected chi connectivity index (χ1v) is 11.9. The van der Waals surface area contributed by atoms with Crippen molar-refractivity contribution in [1.82, 2.24) is 5.32 Å². The molecule has 2 N–H and O–H groups in total. The number of fused-ring (bicyclic) bond motifs is 1. The topological polar surface area (TPSA) is 91.7 Å². The third-order valence-corrected chi connectivity index (χ3v) is 6.26. The van der Waals surface area contributed by atoms with Crippen molar-refractivity contribution in [2.24, 2.45) is 11.3 Å². The number of para-hydroxylation sites is 2. The number of hydrogen-bond donors (Lipinski definition) is 2. The molecule has 180 valence electrons. The third-order valence-electron chi connectivity index (χ3n) is 6.26. The Labute approximate surface area is 200 Å². The fourth-order valence-electron chi connectivity index (χ4n) is 4.73. The maximum Gasteiger partial charge on any atom is 0.228 e. The molecule has 1 aromatic carbocycles. The first-order chi connectivity index (χ1) is 16.2. The highest BCUT2D eigenvalue weighted by atomic mass is 16.3. The van der Waals surface area contributed by atoms with Gasteiger partial charge in [-0.05, 0) is 42.0 Å². The number of amides is 2. The van der Waals surface area contributed by atoms with E-state index in [1.807, 2.05) is 38.1 Å². The molecule has 0 bridgehead atoms. The normalized spacial score (nSPS) is 19.3. The number of nitrogens with one attached hydrogen (secondary N) is 2. The monoisotopic (exact) mass is 463 g/mol. The summed E-state index contributed by atoms with van der Waals surface area (Å²) in [5, 5.41) is 6.33. The number of rotatable bonds is 6. The minimum absolute atomic E-state index is 0.000401. The van der Waals surface area contributed by atoms with Gasteiger partial charge in [0.25, 0.3) is 0 Å². The van der Waals surface area contributed by atoms with Gasteiger partial charge in [-0.1, -0.05) is 39.8 Å². The summed E-state index contributed by atoms with van der Waals surface area (Å²) in [7, 11) is 0. The van der Waals surface area contributed by atoms with E-state index in [4.69, 9.17) is 4.42 Å². The standard InChI is InChI=1S/C27H33N3O4/c1-17(2)16-28-23(32)11-12-24(33)30-20-9-6-5-8-18(20)29-19-14-27(3,4)15-21(31)25(19)26(30)22-10-7-13-34-22/h5-10,13,17,26,29H,11-12,14-16H2,1-4H3,(H,28,32). The molecule has 7 heteroatoms. The van der Waals surface area contributed by atoms with Crippen molar-refractivity contribution in [2.45, 2.75) is 59.4 Å². The van der Waals surface area contributed by atoms with Crippen molar-refractivity contribution in [2.75, 3.05) is 16.8 Å². The zero-order valence-corrected chi connectivity index (χ0v) is 20.3. The van der Waals surface area contributed by atoms with E-state index >= 15 is 0 Å². The van der Waals surface area contributed by atoms with Crippen LogP contribution in [0.15, 0.2) is 58.3 Å². The Hall–Kier alpha value is -3.35. The van der Waals surface area contributed by atoms with E-state index < -0.39 is 6.04 Å². The zero-order chi connectivity index (χ0) is 24.5. The molecular weight excluding hydrogens is 430 g/mol. The molecule has 7 nitrogen and oxygen atoms in total. The Morgan fingerprint density at radius 1 is 1.15 bits per heavy atom. The van der Waals surface area contributed by atoms with Gasteiger partial charge in [-0.3, -0.25) is 19.3 Å². The van der Waals surface area contributed by atoms with Gasteiger partial charge >= 0.3 is 0 Å². The number of benzene rings is 1. The maximum atomic E-state index is 13.7. The van der Waals surface area contributed by atoms with Crippen LogP contribution >= 0.6 is 0 Å². The molecule has 0 fully saturated rings. The van der Waals surface area contributed by atoms with Gasteiger partial charge in [0.1, 0.15) is 11.8 Å². The Bertz CT molecular complexity index is 1110. The number of hydrogen-bond acceptors (Lipinski definition) is 5. The summed E-state index contributed by atoms with van der Waals surface area (Å²) in [6.45, 7) is 8.77. The van der Waals surface area contributed by atoms with Crippen molar-refractivity contribution in [3.8, 4) is 0 Å². The highest BCUT2D eigenvalue weighted by Crippen LogP contribution is 2.48. The molecule has 0 spiro atoms. The maximum absolute atomic E-state index is 13.7. The molecule has 2 aliphatic rings. The molecule has 1 unspecified atom stereocenters. The fourth-order valence-corrected chi connectivity index (χ4v) is 4.73. The molecule has 2 amide bonds. The molecule has 1 aromatic heterocycles. The largest absolute Gasteiger partial charge is 0.467 e. The number of carbonyl (C=O) groups is 3. The average Bonchev–Trinajstić information content (AvgIpc) is 3.25. The van der Waals surface area contributed by atoms with E-state index in [1.54, 1.807) is 23.3 Å². The van der Waals surface area contributed by atoms with Gasteiger partial charge in [0, 0.05) is 37.1 Å². The van der Waals surface area contributed by atoms with Crippen LogP contribution in [0, 0.1) is 11.3 Å². The van der Waals surface area contributed by atoms with Crippen LogP contribution in [0.25, 0.3) is 0 Å². The molecular formula is C27H33N3O4. The summed E-state index contributed by atoms with van der Waals surface area (Å²) in [6, 6.07) is 10.4. The molecule has 4 rings (SSSR count). The second-order valence-electron chi connectivity index (χ2n) is 10.4. The van der Waals surface area contributed by atoms with E-state index in [-0.39, 0.29) is 35.9 Å². The number of allylic oxidation sites excluding steroid dienone is 1. The van der Waals surface area contributed by atoms with Crippen LogP contribution in [0.4, 0.5) is 11.4 Å². The highest BCUT2D eigenvalue weighted by molar-refractivity contribution is 6.06. The Balaban J connectivity index is 1.75. The zero-order valence-electron chi connectivity index (χ0n) is 20.3. The van der Waals surface area contributed by atoms with Gasteiger partial charge < -0.3 is 15.1 Å². The highest BCUT2D eigenvalue weighted by Gasteiger charge is 2.44. The molecule has 0 saturated carbocycles. The van der Waals surface area contributed by atoms with Gasteiger partial charge in [-0.15, -0.1) is 0 Å². The number of carbonyl (C=O) groups excluding carboxylic acids is 3. The number of Topliss-reactive ketones (excluding diaryl/α,β-unsaturated/α-hetero) is 1. The van der Waals surface area contributed by atoms with E-state index in [9.17, 15) is 14.4 Å². The van der Waals surface area contributed by atoms with E-state index in [0.717, 1.165) is 11.4 Å². The van der Waals surface area contributed by atoms with E-state index in [2.05, 4.69) is 24.5 Å². The summed E-state index contributed by atoms with van der Waals surface area (Å²) in [6.07, 6.45) is 2.73. The summed E-state index contributed by atoms with van der Waals surface area (Å²) >= 11 is 0. The second-order valence-corrected chi connectivity index (χ2v) is 10.4. The fraction of sp³-hybridized carbons (Fsp3) is 0.444. The predicted molar refractivity (Wildman–Crippen MR) is 131 cm³/mol. The number of ketones is 1. The summed E-state index contributed by atoms with van der Waals surface area (Å²) < 4.78 is 5.78. The van der Waals surface area contributed by atoms with Gasteiger partial charge in [-0.25, -0.2) is 0 Å². The van der Waals surface area contributed by atoms with Gasteiger partial charge in [0.2, 0.25) is 11.8 Å². The molecule has 0 radical (unpaired) electrons. The first-order valence-electron chi connectivity index (χ1n) is 11.9. The Morgan fingerprint density at radius 2 is 1.91 bits per heavy atom. The van der Waals surface area contributed by atoms with Crippen LogP contribution in [-0.4, -0.2) is 24.1 Å². The molecule has 1 aliphatic carbocycles. The van der Waals surface area contributed by atoms with Crippen LogP contribution in [0.3, 0.4) is 0 Å². The van der Waals surface area contributed by atoms with Gasteiger partial charge in [-0.2, -0.15) is 0 Å². The Kier molecular flexibility index (Phi) is 6.64. The minimum Gasteiger partial charge on any atom is -0.467 e. The van der Waals surface area contributed by atoms with Gasteiger partial charge in [0.15, 0.2) is 5.78 Å². The lowest BCUT2D eigenvalue weighted by atomic mass is 9.74. The van der Waals surface area contributed by atoms with E-state index in [1.165, 1.54) is 0 Å². The summed E-state index contributed by atoms with van der Waals surface area (Å²) in [5.41, 5.74) is 2.60. The van der Waals surface area contributed by atoms with Crippen LogP contribution in [0.5, 0.6) is 0 Å². The average molecular weight is 464 g/mol. The summed E-state index contributed by atoms with van der Waals surface area (Å²) in [4.78, 5) is 41.2. The first kappa shape index (κ1) is 23.8. The van der Waals surface area contributed by atoms with Crippen molar-refractivity contribution < 1.29 is 18.8 Å². The molecule has 1 atom stereocenters. The SMILES string of the molecule is CC(C)CNC(=O)CCC(=O)N1c2ccccc2NC2=C(C(=O)CC(C)(C)C2)C1c1ccco1. The molecule has 2 aromatic rings.